The molecule has 4 nitrogen and oxygen atoms in total. The Bertz CT molecular complexity index is 394. The molecule has 3 aliphatic rings. The van der Waals surface area contributed by atoms with Gasteiger partial charge in [-0.1, -0.05) is 6.42 Å². The lowest BCUT2D eigenvalue weighted by Crippen LogP contribution is -2.49. The molecule has 2 saturated carbocycles. The van der Waals surface area contributed by atoms with Crippen molar-refractivity contribution in [2.24, 2.45) is 11.3 Å². The Labute approximate surface area is 103 Å². The summed E-state index contributed by atoms with van der Waals surface area (Å²) in [6.07, 6.45) is 7.05. The largest absolute Gasteiger partial charge is 0.395 e. The minimum absolute atomic E-state index is 0.0307. The lowest BCUT2D eigenvalue weighted by molar-refractivity contribution is -0.0334. The van der Waals surface area contributed by atoms with Gasteiger partial charge in [-0.05, 0) is 43.4 Å². The fourth-order valence-corrected chi connectivity index (χ4v) is 5.72. The van der Waals surface area contributed by atoms with Crippen molar-refractivity contribution in [2.45, 2.75) is 44.6 Å². The number of aliphatic hydroxyl groups is 1. The quantitative estimate of drug-likeness (QED) is 0.821. The van der Waals surface area contributed by atoms with E-state index in [1.54, 1.807) is 4.31 Å². The van der Waals surface area contributed by atoms with Crippen molar-refractivity contribution in [1.82, 2.24) is 4.31 Å². The lowest BCUT2D eigenvalue weighted by atomic mass is 9.52. The minimum atomic E-state index is -3.07. The van der Waals surface area contributed by atoms with Crippen LogP contribution in [0.15, 0.2) is 0 Å². The van der Waals surface area contributed by atoms with Gasteiger partial charge in [0.1, 0.15) is 0 Å². The Morgan fingerprint density at radius 2 is 2.00 bits per heavy atom. The molecule has 98 valence electrons. The van der Waals surface area contributed by atoms with Crippen LogP contribution in [0.5, 0.6) is 0 Å². The van der Waals surface area contributed by atoms with E-state index in [-0.39, 0.29) is 18.4 Å². The van der Waals surface area contributed by atoms with E-state index in [0.717, 1.165) is 0 Å². The van der Waals surface area contributed by atoms with Crippen LogP contribution in [0.3, 0.4) is 0 Å². The summed E-state index contributed by atoms with van der Waals surface area (Å²) in [5, 5.41) is 9.23. The third kappa shape index (κ3) is 1.92. The first-order valence-electron chi connectivity index (χ1n) is 6.65. The maximum Gasteiger partial charge on any atom is 0.214 e. The van der Waals surface area contributed by atoms with Gasteiger partial charge < -0.3 is 5.11 Å². The molecule has 0 aromatic heterocycles. The van der Waals surface area contributed by atoms with Crippen LogP contribution < -0.4 is 0 Å². The third-order valence-electron chi connectivity index (χ3n) is 4.98. The summed E-state index contributed by atoms with van der Waals surface area (Å²) in [7, 11) is -3.07. The molecule has 1 unspecified atom stereocenters. The molecule has 0 aromatic rings. The Morgan fingerprint density at radius 1 is 1.29 bits per heavy atom. The first-order valence-corrected chi connectivity index (χ1v) is 8.26. The molecule has 1 atom stereocenters. The highest BCUT2D eigenvalue weighted by atomic mass is 32.2. The van der Waals surface area contributed by atoms with E-state index in [1.807, 2.05) is 0 Å². The van der Waals surface area contributed by atoms with Crippen LogP contribution in [0, 0.1) is 11.3 Å². The van der Waals surface area contributed by atoms with Crippen LogP contribution in [0.2, 0.25) is 0 Å². The Balaban J connectivity index is 1.60. The summed E-state index contributed by atoms with van der Waals surface area (Å²) in [6, 6.07) is -0.155. The fourth-order valence-electron chi connectivity index (χ4n) is 3.85. The molecule has 2 aliphatic carbocycles. The van der Waals surface area contributed by atoms with E-state index in [2.05, 4.69) is 0 Å². The van der Waals surface area contributed by atoms with Gasteiger partial charge in [0.2, 0.25) is 10.0 Å². The molecule has 0 radical (unpaired) electrons. The number of hydrogen-bond donors (Lipinski definition) is 1. The lowest BCUT2D eigenvalue weighted by Gasteiger charge is -2.55. The van der Waals surface area contributed by atoms with Crippen molar-refractivity contribution in [3.63, 3.8) is 0 Å². The molecular formula is C12H21NO3S. The van der Waals surface area contributed by atoms with Crippen molar-refractivity contribution in [1.29, 1.82) is 0 Å². The number of hydrogen-bond acceptors (Lipinski definition) is 3. The average molecular weight is 259 g/mol. The van der Waals surface area contributed by atoms with Gasteiger partial charge in [0.25, 0.3) is 0 Å². The summed E-state index contributed by atoms with van der Waals surface area (Å²) in [6.45, 7) is 0.617. The van der Waals surface area contributed by atoms with Crippen LogP contribution in [0.4, 0.5) is 0 Å². The van der Waals surface area contributed by atoms with Crippen LogP contribution in [0.1, 0.15) is 38.5 Å². The monoisotopic (exact) mass is 259 g/mol. The molecule has 0 amide bonds. The van der Waals surface area contributed by atoms with Gasteiger partial charge in [-0.25, -0.2) is 8.42 Å². The van der Waals surface area contributed by atoms with Crippen molar-refractivity contribution in [3.05, 3.63) is 0 Å². The molecular weight excluding hydrogens is 238 g/mol. The zero-order valence-electron chi connectivity index (χ0n) is 10.1. The predicted molar refractivity (Wildman–Crippen MR) is 65.0 cm³/mol. The van der Waals surface area contributed by atoms with Crippen LogP contribution >= 0.6 is 0 Å². The molecule has 3 fully saturated rings. The van der Waals surface area contributed by atoms with Gasteiger partial charge in [0.05, 0.1) is 12.4 Å². The Morgan fingerprint density at radius 3 is 2.53 bits per heavy atom. The molecule has 1 spiro atoms. The van der Waals surface area contributed by atoms with Crippen molar-refractivity contribution < 1.29 is 13.5 Å². The molecule has 1 heterocycles. The number of nitrogens with zero attached hydrogens (tertiary/aromatic N) is 1. The average Bonchev–Trinajstić information content (AvgIpc) is 2.44. The van der Waals surface area contributed by atoms with Gasteiger partial charge in [0.15, 0.2) is 0 Å². The zero-order chi connectivity index (χ0) is 12.1. The van der Waals surface area contributed by atoms with E-state index < -0.39 is 10.0 Å². The van der Waals surface area contributed by atoms with E-state index in [9.17, 15) is 13.5 Å². The number of aliphatic hydroxyl groups excluding tert-OH is 1. The molecule has 17 heavy (non-hydrogen) atoms. The summed E-state index contributed by atoms with van der Waals surface area (Å²) >= 11 is 0. The molecule has 3 rings (SSSR count). The summed E-state index contributed by atoms with van der Waals surface area (Å²) < 4.78 is 25.3. The zero-order valence-corrected chi connectivity index (χ0v) is 11.0. The Kier molecular flexibility index (Phi) is 2.76. The minimum Gasteiger partial charge on any atom is -0.395 e. The topological polar surface area (TPSA) is 57.6 Å². The summed E-state index contributed by atoms with van der Waals surface area (Å²) in [5.74, 6) is 0.757. The molecule has 5 heteroatoms. The SMILES string of the molecule is O=S1(=O)CCC(CO)N1CC1CC2(CCC2)C1. The second-order valence-corrected chi connectivity index (χ2v) is 8.18. The van der Waals surface area contributed by atoms with E-state index >= 15 is 0 Å². The van der Waals surface area contributed by atoms with E-state index in [0.29, 0.717) is 24.3 Å². The van der Waals surface area contributed by atoms with Crippen LogP contribution in [0.25, 0.3) is 0 Å². The standard InChI is InChI=1S/C12H21NO3S/c14-9-11-2-5-17(15,16)13(11)8-10-6-12(7-10)3-1-4-12/h10-11,14H,1-9H2. The first-order chi connectivity index (χ1) is 8.05. The number of rotatable bonds is 3. The molecule has 1 aliphatic heterocycles. The first kappa shape index (κ1) is 11.9. The smallest absolute Gasteiger partial charge is 0.214 e. The second-order valence-electron chi connectivity index (χ2n) is 6.14. The van der Waals surface area contributed by atoms with E-state index in [4.69, 9.17) is 0 Å². The summed E-state index contributed by atoms with van der Waals surface area (Å²) in [4.78, 5) is 0. The second kappa shape index (κ2) is 3.93. The maximum atomic E-state index is 11.9. The van der Waals surface area contributed by atoms with Gasteiger partial charge in [-0.3, -0.25) is 0 Å². The molecule has 1 N–H and O–H groups in total. The highest BCUT2D eigenvalue weighted by Gasteiger charge is 2.50. The predicted octanol–water partition coefficient (Wildman–Crippen LogP) is 0.963. The van der Waals surface area contributed by atoms with Gasteiger partial charge in [-0.15, -0.1) is 0 Å². The third-order valence-corrected chi connectivity index (χ3v) is 6.89. The molecule has 0 bridgehead atoms. The van der Waals surface area contributed by atoms with Crippen LogP contribution in [-0.4, -0.2) is 42.8 Å². The molecule has 0 aromatic carbocycles. The van der Waals surface area contributed by atoms with Gasteiger partial charge in [0, 0.05) is 12.6 Å². The highest BCUT2D eigenvalue weighted by molar-refractivity contribution is 7.89. The van der Waals surface area contributed by atoms with Gasteiger partial charge >= 0.3 is 0 Å². The Hall–Kier alpha value is -0.130. The maximum absolute atomic E-state index is 11.9. The van der Waals surface area contributed by atoms with Crippen molar-refractivity contribution in [2.75, 3.05) is 18.9 Å². The normalized spacial score (nSPS) is 35.7. The van der Waals surface area contributed by atoms with Gasteiger partial charge in [-0.2, -0.15) is 4.31 Å². The van der Waals surface area contributed by atoms with E-state index in [1.165, 1.54) is 32.1 Å². The number of sulfonamides is 1. The van der Waals surface area contributed by atoms with Crippen molar-refractivity contribution >= 4 is 10.0 Å². The van der Waals surface area contributed by atoms with Crippen LogP contribution in [-0.2, 0) is 10.0 Å². The summed E-state index contributed by atoms with van der Waals surface area (Å²) in [5.41, 5.74) is 0.600. The molecule has 1 saturated heterocycles. The van der Waals surface area contributed by atoms with Crippen molar-refractivity contribution in [3.8, 4) is 0 Å². The fraction of sp³-hybridized carbons (Fsp3) is 1.00. The highest BCUT2D eigenvalue weighted by Crippen LogP contribution is 2.58.